The number of amides is 1. The van der Waals surface area contributed by atoms with Crippen molar-refractivity contribution in [3.05, 3.63) is 90.3 Å². The van der Waals surface area contributed by atoms with E-state index in [4.69, 9.17) is 12.2 Å². The van der Waals surface area contributed by atoms with E-state index >= 15 is 0 Å². The number of ether oxygens (including phenoxy) is 1. The molecule has 1 aliphatic rings. The summed E-state index contributed by atoms with van der Waals surface area (Å²) >= 11 is 6.65. The number of benzene rings is 3. The maximum Gasteiger partial charge on any atom is 0.573 e. The van der Waals surface area contributed by atoms with Gasteiger partial charge in [0.15, 0.2) is 11.0 Å². The van der Waals surface area contributed by atoms with Crippen LogP contribution in [0.1, 0.15) is 30.9 Å². The Hall–Kier alpha value is -4.56. The highest BCUT2D eigenvalue weighted by Crippen LogP contribution is 2.29. The number of aliphatic imine (C=N–C) groups is 1. The van der Waals surface area contributed by atoms with Crippen LogP contribution in [-0.2, 0) is 4.79 Å². The normalized spacial score (nSPS) is 14.7. The third-order valence-corrected chi connectivity index (χ3v) is 7.23. The molecule has 0 aliphatic carbocycles. The number of nitrogens with zero attached hydrogens (tertiary/aromatic N) is 6. The van der Waals surface area contributed by atoms with E-state index < -0.39 is 6.36 Å². The van der Waals surface area contributed by atoms with Gasteiger partial charge in [0.1, 0.15) is 12.1 Å². The number of rotatable bonds is 7. The summed E-state index contributed by atoms with van der Waals surface area (Å²) in [5, 5.41) is 9.16. The molecule has 1 fully saturated rings. The van der Waals surface area contributed by atoms with Gasteiger partial charge in [-0.15, -0.1) is 18.3 Å². The fourth-order valence-corrected chi connectivity index (χ4v) is 5.10. The van der Waals surface area contributed by atoms with E-state index in [0.29, 0.717) is 22.6 Å². The molecule has 0 spiro atoms. The van der Waals surface area contributed by atoms with Gasteiger partial charge in [-0.25, -0.2) is 9.67 Å². The number of nitrogens with one attached hydrogen (secondary N) is 1. The van der Waals surface area contributed by atoms with Crippen molar-refractivity contribution < 1.29 is 22.7 Å². The van der Waals surface area contributed by atoms with Gasteiger partial charge < -0.3 is 4.74 Å². The fourth-order valence-electron chi connectivity index (χ4n) is 4.03. The van der Waals surface area contributed by atoms with Gasteiger partial charge in [0, 0.05) is 5.56 Å². The lowest BCUT2D eigenvalue weighted by Gasteiger charge is -2.18. The van der Waals surface area contributed by atoms with Gasteiger partial charge in [0.25, 0.3) is 0 Å². The summed E-state index contributed by atoms with van der Waals surface area (Å²) in [5.74, 6) is 0.643. The molecule has 0 unspecified atom stereocenters. The lowest BCUT2D eigenvalue weighted by Crippen LogP contribution is -2.30. The minimum atomic E-state index is -4.76. The van der Waals surface area contributed by atoms with Crippen LogP contribution in [0.3, 0.4) is 0 Å². The van der Waals surface area contributed by atoms with E-state index in [1.165, 1.54) is 47.0 Å². The van der Waals surface area contributed by atoms with Crippen molar-refractivity contribution >= 4 is 52.1 Å². The molecule has 0 radical (unpaired) electrons. The molecule has 1 aromatic heterocycles. The van der Waals surface area contributed by atoms with E-state index in [1.807, 2.05) is 48.5 Å². The second-order valence-corrected chi connectivity index (χ2v) is 10.8. The zero-order valence-corrected chi connectivity index (χ0v) is 24.5. The molecule has 0 saturated carbocycles. The molecule has 9 nitrogen and oxygen atoms in total. The molecule has 0 atom stereocenters. The van der Waals surface area contributed by atoms with Crippen LogP contribution in [0, 0.1) is 0 Å². The molecule has 1 saturated heterocycles. The maximum absolute atomic E-state index is 12.6. The molecule has 220 valence electrons. The largest absolute Gasteiger partial charge is 0.573 e. The molecule has 4 aromatic rings. The Balaban J connectivity index is 1.19. The maximum atomic E-state index is 12.6. The Kier molecular flexibility index (Phi) is 8.87. The lowest BCUT2D eigenvalue weighted by atomic mass is 10.0. The average Bonchev–Trinajstić information content (AvgIpc) is 3.60. The van der Waals surface area contributed by atoms with Crippen molar-refractivity contribution in [1.29, 1.82) is 0 Å². The predicted molar refractivity (Wildman–Crippen MR) is 165 cm³/mol. The third-order valence-electron chi connectivity index (χ3n) is 6.13. The first-order chi connectivity index (χ1) is 20.6. The molecule has 14 heteroatoms. The number of thioether (sulfide) groups is 1. The van der Waals surface area contributed by atoms with Crippen LogP contribution in [0.2, 0.25) is 0 Å². The van der Waals surface area contributed by atoms with Crippen molar-refractivity contribution in [3.63, 3.8) is 0 Å². The molecule has 1 N–H and O–H groups in total. The minimum absolute atomic E-state index is 0.0659. The molecular weight excluding hydrogens is 599 g/mol. The van der Waals surface area contributed by atoms with E-state index in [1.54, 1.807) is 11.1 Å². The number of anilines is 1. The number of hydrogen-bond acceptors (Lipinski definition) is 7. The summed E-state index contributed by atoms with van der Waals surface area (Å²) < 4.78 is 42.5. The van der Waals surface area contributed by atoms with Crippen molar-refractivity contribution in [2.24, 2.45) is 10.1 Å². The first kappa shape index (κ1) is 29.9. The Morgan fingerprint density at radius 2 is 1.84 bits per heavy atom. The van der Waals surface area contributed by atoms with Crippen molar-refractivity contribution in [1.82, 2.24) is 20.2 Å². The number of thiocarbonyl (C=S) groups is 1. The van der Waals surface area contributed by atoms with Crippen molar-refractivity contribution in [2.45, 2.75) is 26.1 Å². The topological polar surface area (TPSA) is 97.0 Å². The highest BCUT2D eigenvalue weighted by Gasteiger charge is 2.31. The van der Waals surface area contributed by atoms with Gasteiger partial charge in [0.2, 0.25) is 11.0 Å². The van der Waals surface area contributed by atoms with Crippen LogP contribution in [0.25, 0.3) is 17.1 Å². The van der Waals surface area contributed by atoms with E-state index in [9.17, 15) is 18.0 Å². The number of hydrogen-bond donors (Lipinski definition) is 1. The van der Waals surface area contributed by atoms with Gasteiger partial charge in [0.05, 0.1) is 23.3 Å². The molecule has 5 rings (SSSR count). The Labute approximate surface area is 254 Å². The highest BCUT2D eigenvalue weighted by atomic mass is 32.2. The number of amidine groups is 1. The van der Waals surface area contributed by atoms with Crippen LogP contribution in [0.4, 0.5) is 18.9 Å². The minimum Gasteiger partial charge on any atom is -0.406 e. The number of carbonyl (C=O) groups excluding carboxylic acids is 1. The predicted octanol–water partition coefficient (Wildman–Crippen LogP) is 6.30. The number of hydrazone groups is 1. The summed E-state index contributed by atoms with van der Waals surface area (Å²) in [6, 6.07) is 20.4. The summed E-state index contributed by atoms with van der Waals surface area (Å²) in [5.41, 5.74) is 6.61. The Morgan fingerprint density at radius 1 is 1.09 bits per heavy atom. The number of aromatic nitrogens is 3. The smallest absolute Gasteiger partial charge is 0.406 e. The van der Waals surface area contributed by atoms with Gasteiger partial charge in [-0.05, 0) is 65.7 Å². The van der Waals surface area contributed by atoms with Crippen LogP contribution in [-0.4, -0.2) is 49.3 Å². The molecule has 43 heavy (non-hydrogen) atoms. The van der Waals surface area contributed by atoms with Gasteiger partial charge in [-0.1, -0.05) is 62.0 Å². The van der Waals surface area contributed by atoms with E-state index in [2.05, 4.69) is 44.2 Å². The van der Waals surface area contributed by atoms with Crippen molar-refractivity contribution in [2.75, 3.05) is 10.7 Å². The molecular formula is C29H24F3N7O2S2. The second-order valence-electron chi connectivity index (χ2n) is 9.51. The molecule has 3 aromatic carbocycles. The zero-order chi connectivity index (χ0) is 30.6. The third kappa shape index (κ3) is 7.64. The highest BCUT2D eigenvalue weighted by molar-refractivity contribution is 8.15. The SMILES string of the molecule is CC(C)c1cccc(N2C(=O)CSC2=NC(=S)N/N=C/c2ccc(-c3ncn(-c4ccc(OC(F)(F)F)cc4)n3)cc2)c1. The van der Waals surface area contributed by atoms with E-state index in [-0.39, 0.29) is 22.5 Å². The summed E-state index contributed by atoms with van der Waals surface area (Å²) in [4.78, 5) is 22.9. The molecule has 1 aliphatic heterocycles. The standard InChI is InChI=1S/C29H24F3N7O2S2/c1-18(2)21-4-3-5-23(14-21)39-25(40)16-43-28(39)35-27(42)36-34-15-19-6-8-20(9-7-19)26-33-17-38(37-26)22-10-12-24(13-11-22)41-29(30,31)32/h3-15,17-18H,16H2,1-2H3,(H,36,42)/b34-15+,35-28?. The van der Waals surface area contributed by atoms with Gasteiger partial charge >= 0.3 is 6.36 Å². The molecule has 1 amide bonds. The average molecular weight is 624 g/mol. The van der Waals surface area contributed by atoms with Crippen LogP contribution in [0.5, 0.6) is 5.75 Å². The van der Waals surface area contributed by atoms with Crippen LogP contribution in [0.15, 0.2) is 89.2 Å². The Morgan fingerprint density at radius 3 is 2.53 bits per heavy atom. The van der Waals surface area contributed by atoms with Crippen LogP contribution < -0.4 is 15.1 Å². The lowest BCUT2D eigenvalue weighted by molar-refractivity contribution is -0.274. The quantitative estimate of drug-likeness (QED) is 0.147. The molecule has 0 bridgehead atoms. The fraction of sp³-hybridized carbons (Fsp3) is 0.172. The summed E-state index contributed by atoms with van der Waals surface area (Å²) in [7, 11) is 0. The van der Waals surface area contributed by atoms with Gasteiger partial charge in [-0.2, -0.15) is 10.1 Å². The second kappa shape index (κ2) is 12.8. The first-order valence-electron chi connectivity index (χ1n) is 12.9. The summed E-state index contributed by atoms with van der Waals surface area (Å²) in [6.45, 7) is 4.19. The van der Waals surface area contributed by atoms with Crippen molar-refractivity contribution in [3.8, 4) is 22.8 Å². The number of alkyl halides is 3. The van der Waals surface area contributed by atoms with E-state index in [0.717, 1.165) is 22.4 Å². The number of carbonyl (C=O) groups is 1. The molecule has 2 heterocycles. The number of halogens is 3. The van der Waals surface area contributed by atoms with Gasteiger partial charge in [-0.3, -0.25) is 15.1 Å². The Bertz CT molecular complexity index is 1690. The van der Waals surface area contributed by atoms with Crippen LogP contribution >= 0.6 is 24.0 Å². The first-order valence-corrected chi connectivity index (χ1v) is 14.3. The monoisotopic (exact) mass is 623 g/mol. The zero-order valence-electron chi connectivity index (χ0n) is 22.8. The summed E-state index contributed by atoms with van der Waals surface area (Å²) in [6.07, 6.45) is -1.72.